The second-order valence-electron chi connectivity index (χ2n) is 3.08. The normalized spacial score (nSPS) is 9.94. The van der Waals surface area contributed by atoms with Crippen molar-refractivity contribution in [2.24, 2.45) is 0 Å². The minimum atomic E-state index is -0.842. The molecule has 1 aromatic carbocycles. The van der Waals surface area contributed by atoms with Crippen LogP contribution in [-0.4, -0.2) is 19.0 Å². The molecule has 0 fully saturated rings. The van der Waals surface area contributed by atoms with E-state index in [4.69, 9.17) is 0 Å². The van der Waals surface area contributed by atoms with Crippen LogP contribution in [0.2, 0.25) is 0 Å². The highest BCUT2D eigenvalue weighted by Gasteiger charge is 2.23. The molecule has 1 rings (SSSR count). The molecule has 0 bridgehead atoms. The van der Waals surface area contributed by atoms with E-state index in [1.165, 1.54) is 13.0 Å². The minimum absolute atomic E-state index is 0.116. The Morgan fingerprint density at radius 2 is 2.12 bits per heavy atom. The monoisotopic (exact) mass is 415 g/mol. The zero-order valence-electron chi connectivity index (χ0n) is 8.94. The van der Waals surface area contributed by atoms with Gasteiger partial charge in [0.25, 0.3) is 0 Å². The molecule has 1 amide bonds. The summed E-state index contributed by atoms with van der Waals surface area (Å²) in [4.78, 5) is 22.5. The third-order valence-corrected chi connectivity index (χ3v) is 3.29. The maximum atomic E-state index is 13.8. The lowest BCUT2D eigenvalue weighted by atomic mass is 10.1. The van der Waals surface area contributed by atoms with Crippen LogP contribution in [0, 0.1) is 9.39 Å². The molecule has 0 unspecified atom stereocenters. The maximum absolute atomic E-state index is 13.8. The van der Waals surface area contributed by atoms with Gasteiger partial charge in [-0.3, -0.25) is 4.79 Å². The summed E-state index contributed by atoms with van der Waals surface area (Å²) in [6, 6.07) is 1.47. The molecule has 0 saturated heterocycles. The van der Waals surface area contributed by atoms with Gasteiger partial charge in [0, 0.05) is 10.5 Å². The number of carbonyl (C=O) groups is 2. The average molecular weight is 416 g/mol. The van der Waals surface area contributed by atoms with Gasteiger partial charge < -0.3 is 10.1 Å². The van der Waals surface area contributed by atoms with Crippen LogP contribution in [0.4, 0.5) is 10.1 Å². The van der Waals surface area contributed by atoms with Gasteiger partial charge >= 0.3 is 5.97 Å². The highest BCUT2D eigenvalue weighted by atomic mass is 127. The fourth-order valence-electron chi connectivity index (χ4n) is 1.19. The number of methoxy groups -OCH3 is 1. The summed E-state index contributed by atoms with van der Waals surface area (Å²) in [5, 5.41) is 2.42. The van der Waals surface area contributed by atoms with Crippen LogP contribution in [-0.2, 0) is 9.53 Å². The Labute approximate surface area is 119 Å². The first-order valence-corrected chi connectivity index (χ1v) is 6.29. The Morgan fingerprint density at radius 1 is 1.53 bits per heavy atom. The molecule has 0 spiro atoms. The molecule has 4 nitrogen and oxygen atoms in total. The summed E-state index contributed by atoms with van der Waals surface area (Å²) in [7, 11) is 1.15. The number of hydrogen-bond acceptors (Lipinski definition) is 3. The van der Waals surface area contributed by atoms with Crippen LogP contribution in [0.1, 0.15) is 17.3 Å². The van der Waals surface area contributed by atoms with Crippen LogP contribution in [0.15, 0.2) is 10.5 Å². The van der Waals surface area contributed by atoms with Crippen molar-refractivity contribution in [2.45, 2.75) is 6.92 Å². The molecular weight excluding hydrogens is 408 g/mol. The summed E-state index contributed by atoms with van der Waals surface area (Å²) >= 11 is 4.89. The zero-order valence-corrected chi connectivity index (χ0v) is 12.7. The molecule has 0 atom stereocenters. The summed E-state index contributed by atoms with van der Waals surface area (Å²) in [6.07, 6.45) is 0. The number of rotatable bonds is 2. The molecule has 0 aliphatic rings. The van der Waals surface area contributed by atoms with Crippen molar-refractivity contribution < 1.29 is 18.7 Å². The molecule has 0 aliphatic carbocycles. The van der Waals surface area contributed by atoms with Crippen LogP contribution in [0.5, 0.6) is 0 Å². The fourth-order valence-corrected chi connectivity index (χ4v) is 2.76. The van der Waals surface area contributed by atoms with Gasteiger partial charge in [-0.25, -0.2) is 9.18 Å². The van der Waals surface area contributed by atoms with Gasteiger partial charge in [0.2, 0.25) is 5.91 Å². The predicted octanol–water partition coefficient (Wildman–Crippen LogP) is 2.94. The van der Waals surface area contributed by atoms with Gasteiger partial charge in [-0.1, -0.05) is 0 Å². The number of amides is 1. The summed E-state index contributed by atoms with van der Waals surface area (Å²) < 4.78 is 19.0. The summed E-state index contributed by atoms with van der Waals surface area (Å²) in [5.41, 5.74) is -0.174. The second-order valence-corrected chi connectivity index (χ2v) is 5.09. The van der Waals surface area contributed by atoms with Gasteiger partial charge in [-0.2, -0.15) is 0 Å². The molecule has 0 radical (unpaired) electrons. The number of ether oxygens (including phenoxy) is 1. The standard InChI is InChI=1S/C10H8BrFINO3/c1-4(15)14-9-6(13)3-5(11)8(12)7(9)10(16)17-2/h3H,1-2H3,(H,14,15). The molecule has 0 saturated carbocycles. The lowest BCUT2D eigenvalue weighted by molar-refractivity contribution is -0.114. The minimum Gasteiger partial charge on any atom is -0.465 e. The van der Waals surface area contributed by atoms with Gasteiger partial charge in [0.15, 0.2) is 5.82 Å². The van der Waals surface area contributed by atoms with Gasteiger partial charge in [0.1, 0.15) is 5.56 Å². The average Bonchev–Trinajstić information content (AvgIpc) is 2.25. The summed E-state index contributed by atoms with van der Waals surface area (Å²) in [5.74, 6) is -2.00. The van der Waals surface area contributed by atoms with E-state index >= 15 is 0 Å². The van der Waals surface area contributed by atoms with Crippen molar-refractivity contribution in [3.63, 3.8) is 0 Å². The van der Waals surface area contributed by atoms with Crippen LogP contribution in [0.3, 0.4) is 0 Å². The predicted molar refractivity (Wildman–Crippen MR) is 72.5 cm³/mol. The quantitative estimate of drug-likeness (QED) is 0.459. The lowest BCUT2D eigenvalue weighted by Gasteiger charge is -2.12. The first-order valence-electron chi connectivity index (χ1n) is 4.41. The maximum Gasteiger partial charge on any atom is 0.343 e. The molecule has 0 aliphatic heterocycles. The third-order valence-electron chi connectivity index (χ3n) is 1.86. The Morgan fingerprint density at radius 3 is 2.59 bits per heavy atom. The van der Waals surface area contributed by atoms with E-state index in [1.807, 2.05) is 22.6 Å². The number of nitrogens with one attached hydrogen (secondary N) is 1. The van der Waals surface area contributed by atoms with Crippen LogP contribution in [0.25, 0.3) is 0 Å². The molecule has 1 N–H and O–H groups in total. The van der Waals surface area contributed by atoms with Gasteiger partial charge in [0.05, 0.1) is 17.3 Å². The smallest absolute Gasteiger partial charge is 0.343 e. The van der Waals surface area contributed by atoms with E-state index in [1.54, 1.807) is 0 Å². The van der Waals surface area contributed by atoms with Crippen molar-refractivity contribution in [3.8, 4) is 0 Å². The van der Waals surface area contributed by atoms with Crippen molar-refractivity contribution in [1.82, 2.24) is 0 Å². The topological polar surface area (TPSA) is 55.4 Å². The third kappa shape index (κ3) is 3.15. The number of carbonyl (C=O) groups excluding carboxylic acids is 2. The van der Waals surface area contributed by atoms with E-state index in [9.17, 15) is 14.0 Å². The molecule has 7 heteroatoms. The van der Waals surface area contributed by atoms with E-state index in [-0.39, 0.29) is 15.7 Å². The molecule has 0 heterocycles. The Bertz CT molecular complexity index is 493. The molecule has 17 heavy (non-hydrogen) atoms. The van der Waals surface area contributed by atoms with Gasteiger partial charge in [-0.05, 0) is 44.6 Å². The Balaban J connectivity index is 3.49. The van der Waals surface area contributed by atoms with E-state index in [2.05, 4.69) is 26.0 Å². The van der Waals surface area contributed by atoms with Crippen molar-refractivity contribution in [2.75, 3.05) is 12.4 Å². The Hall–Kier alpha value is -0.700. The highest BCUT2D eigenvalue weighted by Crippen LogP contribution is 2.31. The second kappa shape index (κ2) is 5.76. The Kier molecular flexibility index (Phi) is 4.87. The molecule has 1 aromatic rings. The largest absolute Gasteiger partial charge is 0.465 e. The number of anilines is 1. The van der Waals surface area contributed by atoms with Crippen molar-refractivity contribution in [3.05, 3.63) is 25.5 Å². The van der Waals surface area contributed by atoms with Crippen molar-refractivity contribution >= 4 is 56.1 Å². The first kappa shape index (κ1) is 14.4. The number of halogens is 3. The lowest BCUT2D eigenvalue weighted by Crippen LogP contribution is -2.15. The van der Waals surface area contributed by atoms with Gasteiger partial charge in [-0.15, -0.1) is 0 Å². The van der Waals surface area contributed by atoms with E-state index < -0.39 is 17.7 Å². The van der Waals surface area contributed by atoms with Crippen molar-refractivity contribution in [1.29, 1.82) is 0 Å². The molecule has 0 aromatic heterocycles. The SMILES string of the molecule is COC(=O)c1c(F)c(Br)cc(I)c1NC(C)=O. The van der Waals surface area contributed by atoms with E-state index in [0.29, 0.717) is 3.57 Å². The molecular formula is C10H8BrFINO3. The first-order chi connectivity index (χ1) is 7.88. The number of esters is 1. The zero-order chi connectivity index (χ0) is 13.2. The summed E-state index contributed by atoms with van der Waals surface area (Å²) in [6.45, 7) is 1.27. The number of benzene rings is 1. The van der Waals surface area contributed by atoms with Crippen LogP contribution >= 0.6 is 38.5 Å². The van der Waals surface area contributed by atoms with Crippen LogP contribution < -0.4 is 5.32 Å². The van der Waals surface area contributed by atoms with E-state index in [0.717, 1.165) is 7.11 Å². The molecule has 92 valence electrons. The number of hydrogen-bond donors (Lipinski definition) is 1. The highest BCUT2D eigenvalue weighted by molar-refractivity contribution is 14.1. The fraction of sp³-hybridized carbons (Fsp3) is 0.200.